The molecule has 7 nitrogen and oxygen atoms in total. The van der Waals surface area contributed by atoms with Crippen LogP contribution < -0.4 is 5.32 Å². The highest BCUT2D eigenvalue weighted by atomic mass is 16.5. The van der Waals surface area contributed by atoms with Gasteiger partial charge in [-0.05, 0) is 32.4 Å². The Bertz CT molecular complexity index is 621. The zero-order chi connectivity index (χ0) is 14.7. The third-order valence-electron chi connectivity index (χ3n) is 2.88. The smallest absolute Gasteiger partial charge is 0.371 e. The highest BCUT2D eigenvalue weighted by molar-refractivity contribution is 5.93. The number of hydrogen-bond acceptors (Lipinski definition) is 5. The molecule has 2 rings (SSSR count). The molecule has 0 bridgehead atoms. The van der Waals surface area contributed by atoms with Crippen LogP contribution in [0.4, 0.5) is 0 Å². The van der Waals surface area contributed by atoms with Gasteiger partial charge in [0.15, 0.2) is 5.76 Å². The van der Waals surface area contributed by atoms with Crippen molar-refractivity contribution in [3.8, 4) is 0 Å². The molecular formula is C13H14N2O5. The summed E-state index contributed by atoms with van der Waals surface area (Å²) >= 11 is 0. The number of furan rings is 1. The van der Waals surface area contributed by atoms with Crippen LogP contribution in [0.15, 0.2) is 21.1 Å². The van der Waals surface area contributed by atoms with E-state index in [1.807, 2.05) is 13.8 Å². The van der Waals surface area contributed by atoms with Gasteiger partial charge in [-0.1, -0.05) is 5.16 Å². The maximum Gasteiger partial charge on any atom is 0.371 e. The number of aromatic carboxylic acids is 1. The minimum atomic E-state index is -1.21. The number of carboxylic acids is 1. The Kier molecular flexibility index (Phi) is 3.88. The predicted molar refractivity (Wildman–Crippen MR) is 67.7 cm³/mol. The SMILES string of the molecule is Cc1noc(C)c1CCNC(=O)c1ccc(C(=O)O)o1. The Morgan fingerprint density at radius 2 is 2.00 bits per heavy atom. The average molecular weight is 278 g/mol. The Morgan fingerprint density at radius 1 is 1.30 bits per heavy atom. The van der Waals surface area contributed by atoms with Crippen molar-refractivity contribution in [3.63, 3.8) is 0 Å². The van der Waals surface area contributed by atoms with E-state index in [1.54, 1.807) is 0 Å². The highest BCUT2D eigenvalue weighted by Gasteiger charge is 2.15. The first-order valence-electron chi connectivity index (χ1n) is 6.02. The summed E-state index contributed by atoms with van der Waals surface area (Å²) < 4.78 is 9.92. The molecule has 2 aromatic rings. The summed E-state index contributed by atoms with van der Waals surface area (Å²) in [5, 5.41) is 15.2. The zero-order valence-corrected chi connectivity index (χ0v) is 11.1. The number of rotatable bonds is 5. The molecule has 0 spiro atoms. The Morgan fingerprint density at radius 3 is 2.55 bits per heavy atom. The molecule has 2 heterocycles. The molecule has 0 aliphatic carbocycles. The molecule has 0 aliphatic rings. The zero-order valence-electron chi connectivity index (χ0n) is 11.1. The third kappa shape index (κ3) is 2.87. The second-order valence-electron chi connectivity index (χ2n) is 4.28. The van der Waals surface area contributed by atoms with E-state index in [0.29, 0.717) is 13.0 Å². The van der Waals surface area contributed by atoms with Crippen molar-refractivity contribution in [2.45, 2.75) is 20.3 Å². The van der Waals surface area contributed by atoms with Crippen molar-refractivity contribution in [3.05, 3.63) is 40.7 Å². The molecule has 106 valence electrons. The number of hydrogen-bond donors (Lipinski definition) is 2. The van der Waals surface area contributed by atoms with Gasteiger partial charge in [0, 0.05) is 12.1 Å². The number of carbonyl (C=O) groups excluding carboxylic acids is 1. The number of carboxylic acid groups (broad SMARTS) is 1. The number of nitrogens with zero attached hydrogens (tertiary/aromatic N) is 1. The minimum Gasteiger partial charge on any atom is -0.475 e. The van der Waals surface area contributed by atoms with Crippen LogP contribution in [0.1, 0.15) is 38.1 Å². The molecule has 1 amide bonds. The molecule has 0 saturated heterocycles. The highest BCUT2D eigenvalue weighted by Crippen LogP contribution is 2.12. The van der Waals surface area contributed by atoms with Crippen molar-refractivity contribution in [1.29, 1.82) is 0 Å². The molecule has 0 atom stereocenters. The number of aryl methyl sites for hydroxylation is 2. The average Bonchev–Trinajstić information content (AvgIpc) is 3.00. The van der Waals surface area contributed by atoms with Gasteiger partial charge in [-0.25, -0.2) is 4.79 Å². The van der Waals surface area contributed by atoms with Crippen LogP contribution >= 0.6 is 0 Å². The van der Waals surface area contributed by atoms with E-state index < -0.39 is 11.9 Å². The predicted octanol–water partition coefficient (Wildman–Crippen LogP) is 1.56. The molecule has 0 saturated carbocycles. The fourth-order valence-electron chi connectivity index (χ4n) is 1.82. The summed E-state index contributed by atoms with van der Waals surface area (Å²) in [7, 11) is 0. The van der Waals surface area contributed by atoms with E-state index in [2.05, 4.69) is 10.5 Å². The van der Waals surface area contributed by atoms with E-state index in [0.717, 1.165) is 17.0 Å². The van der Waals surface area contributed by atoms with Crippen LogP contribution in [0.5, 0.6) is 0 Å². The molecule has 2 aromatic heterocycles. The van der Waals surface area contributed by atoms with Crippen LogP contribution in [-0.4, -0.2) is 28.7 Å². The van der Waals surface area contributed by atoms with E-state index in [9.17, 15) is 9.59 Å². The van der Waals surface area contributed by atoms with Gasteiger partial charge in [-0.3, -0.25) is 4.79 Å². The van der Waals surface area contributed by atoms with E-state index >= 15 is 0 Å². The Labute approximate surface area is 114 Å². The molecule has 0 aliphatic heterocycles. The van der Waals surface area contributed by atoms with Crippen LogP contribution in [0, 0.1) is 13.8 Å². The van der Waals surface area contributed by atoms with Crippen molar-refractivity contribution < 1.29 is 23.6 Å². The molecular weight excluding hydrogens is 264 g/mol. The van der Waals surface area contributed by atoms with Crippen LogP contribution in [0.25, 0.3) is 0 Å². The maximum absolute atomic E-state index is 11.7. The van der Waals surface area contributed by atoms with E-state index in [1.165, 1.54) is 12.1 Å². The van der Waals surface area contributed by atoms with Gasteiger partial charge in [-0.2, -0.15) is 0 Å². The lowest BCUT2D eigenvalue weighted by atomic mass is 10.1. The number of carbonyl (C=O) groups is 2. The molecule has 0 aromatic carbocycles. The van der Waals surface area contributed by atoms with Gasteiger partial charge in [0.25, 0.3) is 5.91 Å². The quantitative estimate of drug-likeness (QED) is 0.859. The number of amides is 1. The van der Waals surface area contributed by atoms with Crippen molar-refractivity contribution in [2.75, 3.05) is 6.54 Å². The van der Waals surface area contributed by atoms with Crippen LogP contribution in [0.3, 0.4) is 0 Å². The van der Waals surface area contributed by atoms with Gasteiger partial charge < -0.3 is 19.4 Å². The Balaban J connectivity index is 1.90. The summed E-state index contributed by atoms with van der Waals surface area (Å²) in [6.45, 7) is 4.02. The van der Waals surface area contributed by atoms with Gasteiger partial charge in [0.05, 0.1) is 5.69 Å². The summed E-state index contributed by atoms with van der Waals surface area (Å²) in [4.78, 5) is 22.4. The fourth-order valence-corrected chi connectivity index (χ4v) is 1.82. The second kappa shape index (κ2) is 5.60. The summed E-state index contributed by atoms with van der Waals surface area (Å²) in [5.41, 5.74) is 1.75. The normalized spacial score (nSPS) is 10.5. The first kappa shape index (κ1) is 13.9. The number of nitrogens with one attached hydrogen (secondary N) is 1. The largest absolute Gasteiger partial charge is 0.475 e. The lowest BCUT2D eigenvalue weighted by molar-refractivity contribution is 0.0659. The van der Waals surface area contributed by atoms with Gasteiger partial charge in [0.2, 0.25) is 5.76 Å². The van der Waals surface area contributed by atoms with Crippen molar-refractivity contribution in [1.82, 2.24) is 10.5 Å². The van der Waals surface area contributed by atoms with Gasteiger partial charge >= 0.3 is 5.97 Å². The molecule has 0 fully saturated rings. The molecule has 2 N–H and O–H groups in total. The van der Waals surface area contributed by atoms with Crippen molar-refractivity contribution in [2.24, 2.45) is 0 Å². The minimum absolute atomic E-state index is 0.0267. The lowest BCUT2D eigenvalue weighted by Crippen LogP contribution is -2.25. The van der Waals surface area contributed by atoms with Crippen LogP contribution in [0.2, 0.25) is 0 Å². The monoisotopic (exact) mass is 278 g/mol. The standard InChI is InChI=1S/C13H14N2O5/c1-7-9(8(2)20-15-7)5-6-14-12(16)10-3-4-11(19-10)13(17)18/h3-4H,5-6H2,1-2H3,(H,14,16)(H,17,18). The van der Waals surface area contributed by atoms with Gasteiger partial charge in [-0.15, -0.1) is 0 Å². The molecule has 0 unspecified atom stereocenters. The molecule has 0 radical (unpaired) electrons. The van der Waals surface area contributed by atoms with E-state index in [-0.39, 0.29) is 11.5 Å². The first-order valence-corrected chi connectivity index (χ1v) is 6.02. The number of aromatic nitrogens is 1. The lowest BCUT2D eigenvalue weighted by Gasteiger charge is -2.02. The third-order valence-corrected chi connectivity index (χ3v) is 2.88. The van der Waals surface area contributed by atoms with Crippen molar-refractivity contribution >= 4 is 11.9 Å². The van der Waals surface area contributed by atoms with Crippen LogP contribution in [-0.2, 0) is 6.42 Å². The molecule has 7 heteroatoms. The summed E-state index contributed by atoms with van der Waals surface area (Å²) in [6.07, 6.45) is 0.583. The van der Waals surface area contributed by atoms with Gasteiger partial charge in [0.1, 0.15) is 5.76 Å². The fraction of sp³-hybridized carbons (Fsp3) is 0.308. The topological polar surface area (TPSA) is 106 Å². The second-order valence-corrected chi connectivity index (χ2v) is 4.28. The first-order chi connectivity index (χ1) is 9.49. The van der Waals surface area contributed by atoms with E-state index in [4.69, 9.17) is 14.0 Å². The summed E-state index contributed by atoms with van der Waals surface area (Å²) in [5.74, 6) is -1.23. The maximum atomic E-state index is 11.7. The molecule has 20 heavy (non-hydrogen) atoms. The summed E-state index contributed by atoms with van der Waals surface area (Å²) in [6, 6.07) is 2.57. The Hall–Kier alpha value is -2.57.